The minimum Gasteiger partial charge on any atom is -0.490 e. The molecule has 7 heteroatoms. The lowest BCUT2D eigenvalue weighted by atomic mass is 10.1. The fourth-order valence-corrected chi connectivity index (χ4v) is 5.07. The highest BCUT2D eigenvalue weighted by Gasteiger charge is 2.18. The van der Waals surface area contributed by atoms with Gasteiger partial charge in [-0.1, -0.05) is 13.8 Å². The molecular weight excluding hydrogens is 438 g/mol. The second-order valence-electron chi connectivity index (χ2n) is 9.93. The van der Waals surface area contributed by atoms with E-state index in [4.69, 9.17) is 4.74 Å². The largest absolute Gasteiger partial charge is 0.490 e. The lowest BCUT2D eigenvalue weighted by Crippen LogP contribution is -2.48. The second kappa shape index (κ2) is 13.3. The van der Waals surface area contributed by atoms with Crippen LogP contribution in [0.1, 0.15) is 38.8 Å². The molecule has 1 aromatic carbocycles. The zero-order valence-electron chi connectivity index (χ0n) is 21.7. The van der Waals surface area contributed by atoms with E-state index in [9.17, 15) is 4.79 Å². The maximum absolute atomic E-state index is 12.7. The third-order valence-corrected chi connectivity index (χ3v) is 7.52. The molecule has 0 radical (unpaired) electrons. The van der Waals surface area contributed by atoms with Crippen LogP contribution in [0.4, 0.5) is 0 Å². The molecule has 2 saturated heterocycles. The molecule has 0 spiro atoms. The number of nitrogens with zero attached hydrogens (tertiary/aromatic N) is 4. The Hall–Kier alpha value is -2.06. The van der Waals surface area contributed by atoms with Gasteiger partial charge in [0, 0.05) is 75.9 Å². The first-order valence-corrected chi connectivity index (χ1v) is 13.6. The molecule has 2 aliphatic heterocycles. The van der Waals surface area contributed by atoms with E-state index in [1.807, 2.05) is 12.3 Å². The van der Waals surface area contributed by atoms with Gasteiger partial charge in [-0.3, -0.25) is 14.7 Å². The van der Waals surface area contributed by atoms with Crippen LogP contribution in [-0.4, -0.2) is 104 Å². The van der Waals surface area contributed by atoms with Gasteiger partial charge in [-0.2, -0.15) is 0 Å². The van der Waals surface area contributed by atoms with Crippen molar-refractivity contribution < 1.29 is 9.53 Å². The predicted molar refractivity (Wildman–Crippen MR) is 142 cm³/mol. The lowest BCUT2D eigenvalue weighted by Gasteiger charge is -2.35. The number of nitrogens with one attached hydrogen (secondary N) is 1. The number of likely N-dealkylation sites (N-methyl/N-ethyl adjacent to an activating group) is 1. The van der Waals surface area contributed by atoms with Crippen LogP contribution in [0.25, 0.3) is 10.8 Å². The Balaban J connectivity index is 1.21. The number of hydrogen-bond donors (Lipinski definition) is 1. The Labute approximate surface area is 210 Å². The summed E-state index contributed by atoms with van der Waals surface area (Å²) in [4.78, 5) is 24.7. The minimum atomic E-state index is 0.267. The Kier molecular flexibility index (Phi) is 9.89. The van der Waals surface area contributed by atoms with Gasteiger partial charge in [-0.15, -0.1) is 0 Å². The summed E-state index contributed by atoms with van der Waals surface area (Å²) in [6.07, 6.45) is 5.24. The monoisotopic (exact) mass is 481 g/mol. The summed E-state index contributed by atoms with van der Waals surface area (Å²) in [6.45, 7) is 16.2. The molecule has 0 unspecified atom stereocenters. The van der Waals surface area contributed by atoms with Gasteiger partial charge >= 0.3 is 0 Å². The third kappa shape index (κ3) is 7.97. The van der Waals surface area contributed by atoms with Gasteiger partial charge in [0.05, 0.1) is 0 Å². The van der Waals surface area contributed by atoms with Crippen molar-refractivity contribution in [2.75, 3.05) is 72.0 Å². The SMILES string of the molecule is CCN(CC)CCN1CCN(CCC(=O)Cc2cc3cc(OC4CCNCC4)ccc3cn2)CC1. The highest BCUT2D eigenvalue weighted by Crippen LogP contribution is 2.23. The molecular formula is C28H43N5O2. The molecule has 35 heavy (non-hydrogen) atoms. The molecule has 192 valence electrons. The van der Waals surface area contributed by atoms with Crippen LogP contribution in [0.3, 0.4) is 0 Å². The fourth-order valence-electron chi connectivity index (χ4n) is 5.07. The molecule has 0 atom stereocenters. The number of piperidine rings is 1. The van der Waals surface area contributed by atoms with Gasteiger partial charge in [0.15, 0.2) is 0 Å². The van der Waals surface area contributed by atoms with Crippen molar-refractivity contribution in [1.82, 2.24) is 25.0 Å². The third-order valence-electron chi connectivity index (χ3n) is 7.52. The first-order valence-electron chi connectivity index (χ1n) is 13.6. The molecule has 0 bridgehead atoms. The van der Waals surface area contributed by atoms with Crippen molar-refractivity contribution >= 4 is 16.6 Å². The van der Waals surface area contributed by atoms with Crippen LogP contribution in [0.2, 0.25) is 0 Å². The van der Waals surface area contributed by atoms with E-state index >= 15 is 0 Å². The number of carbonyl (C=O) groups excluding carboxylic acids is 1. The molecule has 2 aromatic rings. The van der Waals surface area contributed by atoms with E-state index in [0.29, 0.717) is 12.8 Å². The van der Waals surface area contributed by atoms with E-state index in [1.165, 1.54) is 0 Å². The molecule has 1 N–H and O–H groups in total. The van der Waals surface area contributed by atoms with Gasteiger partial charge in [-0.05, 0) is 68.7 Å². The van der Waals surface area contributed by atoms with Crippen molar-refractivity contribution in [3.63, 3.8) is 0 Å². The van der Waals surface area contributed by atoms with Crippen molar-refractivity contribution in [3.05, 3.63) is 36.2 Å². The van der Waals surface area contributed by atoms with E-state index in [-0.39, 0.29) is 11.9 Å². The van der Waals surface area contributed by atoms with Crippen molar-refractivity contribution in [1.29, 1.82) is 0 Å². The molecule has 7 nitrogen and oxygen atoms in total. The average molecular weight is 482 g/mol. The summed E-state index contributed by atoms with van der Waals surface area (Å²) < 4.78 is 6.20. The van der Waals surface area contributed by atoms with Gasteiger partial charge in [0.1, 0.15) is 17.6 Å². The number of carbonyl (C=O) groups is 1. The van der Waals surface area contributed by atoms with E-state index < -0.39 is 0 Å². The Morgan fingerprint density at radius 2 is 1.74 bits per heavy atom. The zero-order chi connectivity index (χ0) is 24.5. The first kappa shape index (κ1) is 26.0. The summed E-state index contributed by atoms with van der Waals surface area (Å²) in [5.41, 5.74) is 0.850. The molecule has 1 aromatic heterocycles. The Bertz CT molecular complexity index is 934. The minimum absolute atomic E-state index is 0.267. The number of fused-ring (bicyclic) bond motifs is 1. The fraction of sp³-hybridized carbons (Fsp3) is 0.643. The average Bonchev–Trinajstić information content (AvgIpc) is 2.89. The number of piperazine rings is 1. The summed E-state index contributed by atoms with van der Waals surface area (Å²) in [7, 11) is 0. The van der Waals surface area contributed by atoms with Crippen LogP contribution >= 0.6 is 0 Å². The number of ether oxygens (including phenoxy) is 1. The smallest absolute Gasteiger partial charge is 0.140 e. The van der Waals surface area contributed by atoms with Crippen LogP contribution in [0.5, 0.6) is 5.75 Å². The highest BCUT2D eigenvalue weighted by atomic mass is 16.5. The molecule has 2 aliphatic rings. The predicted octanol–water partition coefficient (Wildman–Crippen LogP) is 2.83. The topological polar surface area (TPSA) is 60.9 Å². The summed E-state index contributed by atoms with van der Waals surface area (Å²) in [6, 6.07) is 8.23. The second-order valence-corrected chi connectivity index (χ2v) is 9.93. The quantitative estimate of drug-likeness (QED) is 0.500. The normalized spacial score (nSPS) is 18.4. The number of hydrogen-bond acceptors (Lipinski definition) is 7. The van der Waals surface area contributed by atoms with Crippen LogP contribution in [0, 0.1) is 0 Å². The number of pyridine rings is 1. The molecule has 4 rings (SSSR count). The van der Waals surface area contributed by atoms with Gasteiger partial charge < -0.3 is 19.9 Å². The molecule has 0 saturated carbocycles. The van der Waals surface area contributed by atoms with Gasteiger partial charge in [-0.25, -0.2) is 0 Å². The number of Topliss-reactive ketones (excluding diaryl/α,β-unsaturated/α-hetero) is 1. The highest BCUT2D eigenvalue weighted by molar-refractivity contribution is 5.85. The van der Waals surface area contributed by atoms with Gasteiger partial charge in [0.25, 0.3) is 0 Å². The molecule has 2 fully saturated rings. The van der Waals surface area contributed by atoms with Crippen LogP contribution < -0.4 is 10.1 Å². The van der Waals surface area contributed by atoms with Crippen LogP contribution in [0.15, 0.2) is 30.5 Å². The molecule has 0 amide bonds. The molecule has 3 heterocycles. The summed E-state index contributed by atoms with van der Waals surface area (Å²) in [5, 5.41) is 5.55. The summed E-state index contributed by atoms with van der Waals surface area (Å²) in [5.74, 6) is 1.17. The lowest BCUT2D eigenvalue weighted by molar-refractivity contribution is -0.118. The standard InChI is InChI=1S/C28H43N5O2/c1-3-31(4-2)13-14-33-17-15-32(16-18-33)12-9-26(34)21-25-19-24-20-28(6-5-23(24)22-30-25)35-27-7-10-29-11-8-27/h5-6,19-20,22,27,29H,3-4,7-18,21H2,1-2H3. The number of ketones is 1. The van der Waals surface area contributed by atoms with Crippen molar-refractivity contribution in [2.24, 2.45) is 0 Å². The summed E-state index contributed by atoms with van der Waals surface area (Å²) >= 11 is 0. The van der Waals surface area contributed by atoms with E-state index in [0.717, 1.165) is 107 Å². The van der Waals surface area contributed by atoms with Crippen LogP contribution in [-0.2, 0) is 11.2 Å². The maximum atomic E-state index is 12.7. The molecule has 0 aliphatic carbocycles. The Morgan fingerprint density at radius 1 is 1.03 bits per heavy atom. The number of benzene rings is 1. The zero-order valence-corrected chi connectivity index (χ0v) is 21.7. The number of rotatable bonds is 12. The number of aromatic nitrogens is 1. The maximum Gasteiger partial charge on any atom is 0.140 e. The Morgan fingerprint density at radius 3 is 2.46 bits per heavy atom. The van der Waals surface area contributed by atoms with Crippen molar-refractivity contribution in [3.8, 4) is 5.75 Å². The van der Waals surface area contributed by atoms with Crippen molar-refractivity contribution in [2.45, 2.75) is 45.6 Å². The van der Waals surface area contributed by atoms with E-state index in [1.54, 1.807) is 0 Å². The van der Waals surface area contributed by atoms with E-state index in [2.05, 4.69) is 57.0 Å². The van der Waals surface area contributed by atoms with Gasteiger partial charge in [0.2, 0.25) is 0 Å². The first-order chi connectivity index (χ1) is 17.1.